The molecule has 0 aliphatic rings. The van der Waals surface area contributed by atoms with Gasteiger partial charge < -0.3 is 0 Å². The molecule has 0 saturated heterocycles. The van der Waals surface area contributed by atoms with E-state index in [9.17, 15) is 12.8 Å². The lowest BCUT2D eigenvalue weighted by Gasteiger charge is -2.24. The van der Waals surface area contributed by atoms with Crippen molar-refractivity contribution in [2.45, 2.75) is 39.5 Å². The molecule has 0 atom stereocenters. The highest BCUT2D eigenvalue weighted by molar-refractivity contribution is 7.92. The van der Waals surface area contributed by atoms with Gasteiger partial charge in [0.15, 0.2) is 0 Å². The molecule has 5 heteroatoms. The molecule has 0 bridgehead atoms. The number of hydrogen-bond donors (Lipinski definition) is 0. The molecule has 0 fully saturated rings. The van der Waals surface area contributed by atoms with Gasteiger partial charge in [0, 0.05) is 7.05 Å². The second-order valence-corrected chi connectivity index (χ2v) is 7.49. The molecule has 0 radical (unpaired) electrons. The quantitative estimate of drug-likeness (QED) is 0.850. The summed E-state index contributed by atoms with van der Waals surface area (Å²) in [4.78, 5) is 0. The van der Waals surface area contributed by atoms with Crippen LogP contribution in [0, 0.1) is 5.82 Å². The highest BCUT2D eigenvalue weighted by Crippen LogP contribution is 2.33. The van der Waals surface area contributed by atoms with Crippen molar-refractivity contribution in [3.8, 4) is 0 Å². The lowest BCUT2D eigenvalue weighted by molar-refractivity contribution is 0.591. The van der Waals surface area contributed by atoms with Crippen LogP contribution in [0.25, 0.3) is 0 Å². The maximum Gasteiger partial charge on any atom is 0.232 e. The number of nitrogens with zero attached hydrogens (tertiary/aromatic N) is 1. The zero-order valence-electron chi connectivity index (χ0n) is 12.4. The van der Waals surface area contributed by atoms with Gasteiger partial charge in [-0.05, 0) is 35.1 Å². The van der Waals surface area contributed by atoms with Crippen LogP contribution in [-0.4, -0.2) is 21.7 Å². The predicted octanol–water partition coefficient (Wildman–Crippen LogP) is 3.47. The Balaban J connectivity index is 3.55. The van der Waals surface area contributed by atoms with Crippen LogP contribution >= 0.6 is 0 Å². The fourth-order valence-corrected chi connectivity index (χ4v) is 2.47. The molecular weight excluding hydrogens is 265 g/mol. The van der Waals surface area contributed by atoms with Gasteiger partial charge in [-0.3, -0.25) is 4.31 Å². The van der Waals surface area contributed by atoms with Crippen LogP contribution in [0.4, 0.5) is 10.1 Å². The lowest BCUT2D eigenvalue weighted by atomic mass is 9.94. The highest BCUT2D eigenvalue weighted by Gasteiger charge is 2.21. The van der Waals surface area contributed by atoms with E-state index in [1.807, 2.05) is 27.7 Å². The van der Waals surface area contributed by atoms with Crippen molar-refractivity contribution < 1.29 is 12.8 Å². The van der Waals surface area contributed by atoms with Crippen molar-refractivity contribution in [1.82, 2.24) is 0 Å². The highest BCUT2D eigenvalue weighted by atomic mass is 32.2. The van der Waals surface area contributed by atoms with Gasteiger partial charge in [0.1, 0.15) is 5.82 Å². The Bertz CT molecular complexity index is 565. The first kappa shape index (κ1) is 16.0. The summed E-state index contributed by atoms with van der Waals surface area (Å²) >= 11 is 0. The van der Waals surface area contributed by atoms with E-state index in [1.54, 1.807) is 6.07 Å². The maximum absolute atomic E-state index is 14.0. The van der Waals surface area contributed by atoms with Crippen LogP contribution in [0.15, 0.2) is 12.1 Å². The SMILES string of the molecule is CC(C)c1cc(N(C)S(C)(=O)=O)c(C(C)C)cc1F. The summed E-state index contributed by atoms with van der Waals surface area (Å²) in [6.45, 7) is 7.61. The Labute approximate surface area is 115 Å². The number of rotatable bonds is 4. The van der Waals surface area contributed by atoms with Crippen LogP contribution < -0.4 is 4.31 Å². The van der Waals surface area contributed by atoms with Gasteiger partial charge >= 0.3 is 0 Å². The summed E-state index contributed by atoms with van der Waals surface area (Å²) in [7, 11) is -1.86. The van der Waals surface area contributed by atoms with E-state index in [1.165, 1.54) is 17.4 Å². The minimum atomic E-state index is -3.36. The van der Waals surface area contributed by atoms with Gasteiger partial charge in [-0.2, -0.15) is 0 Å². The Morgan fingerprint density at radius 3 is 1.89 bits per heavy atom. The van der Waals surface area contributed by atoms with Crippen molar-refractivity contribution in [2.24, 2.45) is 0 Å². The Kier molecular flexibility index (Phi) is 4.61. The van der Waals surface area contributed by atoms with Crippen LogP contribution in [0.5, 0.6) is 0 Å². The molecule has 0 aliphatic carbocycles. The zero-order chi connectivity index (χ0) is 15.0. The third kappa shape index (κ3) is 3.47. The van der Waals surface area contributed by atoms with Gasteiger partial charge in [0.05, 0.1) is 11.9 Å². The number of hydrogen-bond acceptors (Lipinski definition) is 2. The molecule has 0 unspecified atom stereocenters. The monoisotopic (exact) mass is 287 g/mol. The maximum atomic E-state index is 14.0. The minimum Gasteiger partial charge on any atom is -0.273 e. The van der Waals surface area contributed by atoms with E-state index in [2.05, 4.69) is 0 Å². The van der Waals surface area contributed by atoms with Crippen LogP contribution in [0.2, 0.25) is 0 Å². The molecule has 3 nitrogen and oxygen atoms in total. The summed E-state index contributed by atoms with van der Waals surface area (Å²) in [6.07, 6.45) is 1.15. The van der Waals surface area contributed by atoms with Crippen LogP contribution in [0.1, 0.15) is 50.7 Å². The number of benzene rings is 1. The molecular formula is C14H22FNO2S. The first-order chi connectivity index (χ1) is 8.55. The second kappa shape index (κ2) is 5.49. The molecule has 0 spiro atoms. The molecule has 0 saturated carbocycles. The van der Waals surface area contributed by atoms with Gasteiger partial charge in [0.2, 0.25) is 10.0 Å². The van der Waals surface area contributed by atoms with Crippen molar-refractivity contribution >= 4 is 15.7 Å². The molecule has 0 aromatic heterocycles. The number of anilines is 1. The Hall–Kier alpha value is -1.10. The first-order valence-corrected chi connectivity index (χ1v) is 8.17. The molecule has 0 heterocycles. The van der Waals surface area contributed by atoms with Crippen LogP contribution in [-0.2, 0) is 10.0 Å². The van der Waals surface area contributed by atoms with E-state index in [0.29, 0.717) is 16.8 Å². The van der Waals surface area contributed by atoms with E-state index >= 15 is 0 Å². The fourth-order valence-electron chi connectivity index (χ4n) is 1.95. The summed E-state index contributed by atoms with van der Waals surface area (Å²) in [5.41, 5.74) is 1.80. The number of sulfonamides is 1. The minimum absolute atomic E-state index is 0.00734. The zero-order valence-corrected chi connectivity index (χ0v) is 13.2. The molecule has 0 N–H and O–H groups in total. The molecule has 1 aromatic carbocycles. The summed E-state index contributed by atoms with van der Waals surface area (Å²) in [5, 5.41) is 0. The van der Waals surface area contributed by atoms with Gasteiger partial charge in [-0.1, -0.05) is 27.7 Å². The summed E-state index contributed by atoms with van der Waals surface area (Å²) in [6, 6.07) is 3.10. The van der Waals surface area contributed by atoms with Gasteiger partial charge in [-0.25, -0.2) is 12.8 Å². The van der Waals surface area contributed by atoms with E-state index in [0.717, 1.165) is 6.26 Å². The molecule has 0 amide bonds. The average molecular weight is 287 g/mol. The van der Waals surface area contributed by atoms with Crippen molar-refractivity contribution in [1.29, 1.82) is 0 Å². The first-order valence-electron chi connectivity index (χ1n) is 6.33. The third-order valence-corrected chi connectivity index (χ3v) is 4.42. The molecule has 1 aromatic rings. The third-order valence-electron chi connectivity index (χ3n) is 3.23. The normalized spacial score (nSPS) is 12.3. The van der Waals surface area contributed by atoms with Gasteiger partial charge in [-0.15, -0.1) is 0 Å². The van der Waals surface area contributed by atoms with Crippen LogP contribution in [0.3, 0.4) is 0 Å². The smallest absolute Gasteiger partial charge is 0.232 e. The number of halogens is 1. The molecule has 0 aliphatic heterocycles. The Morgan fingerprint density at radius 1 is 1.05 bits per heavy atom. The predicted molar refractivity (Wildman–Crippen MR) is 77.8 cm³/mol. The van der Waals surface area contributed by atoms with Gasteiger partial charge in [0.25, 0.3) is 0 Å². The fraction of sp³-hybridized carbons (Fsp3) is 0.571. The largest absolute Gasteiger partial charge is 0.273 e. The van der Waals surface area contributed by atoms with E-state index < -0.39 is 10.0 Å². The molecule has 108 valence electrons. The molecule has 1 rings (SSSR count). The average Bonchev–Trinajstić information content (AvgIpc) is 2.25. The van der Waals surface area contributed by atoms with E-state index in [4.69, 9.17) is 0 Å². The summed E-state index contributed by atoms with van der Waals surface area (Å²) < 4.78 is 38.7. The van der Waals surface area contributed by atoms with E-state index in [-0.39, 0.29) is 17.7 Å². The second-order valence-electron chi connectivity index (χ2n) is 5.47. The topological polar surface area (TPSA) is 37.4 Å². The molecule has 19 heavy (non-hydrogen) atoms. The van der Waals surface area contributed by atoms with Crippen molar-refractivity contribution in [3.63, 3.8) is 0 Å². The standard InChI is InChI=1S/C14H22FNO2S/c1-9(2)11-8-14(16(5)19(6,17)18)12(10(3)4)7-13(11)15/h7-10H,1-6H3. The Morgan fingerprint density at radius 2 is 1.53 bits per heavy atom. The lowest BCUT2D eigenvalue weighted by Crippen LogP contribution is -2.26. The summed E-state index contributed by atoms with van der Waals surface area (Å²) in [5.74, 6) is -0.216. The van der Waals surface area contributed by atoms with Crippen molar-refractivity contribution in [3.05, 3.63) is 29.1 Å². The van der Waals surface area contributed by atoms with Crippen molar-refractivity contribution in [2.75, 3.05) is 17.6 Å².